The van der Waals surface area contributed by atoms with Gasteiger partial charge in [-0.05, 0) is 36.4 Å². The molecule has 0 amide bonds. The molecule has 120 valence electrons. The van der Waals surface area contributed by atoms with E-state index in [0.29, 0.717) is 16.5 Å². The van der Waals surface area contributed by atoms with Crippen LogP contribution in [-0.2, 0) is 10.0 Å². The van der Waals surface area contributed by atoms with Gasteiger partial charge in [-0.2, -0.15) is 0 Å². The molecule has 22 heavy (non-hydrogen) atoms. The van der Waals surface area contributed by atoms with E-state index in [1.165, 1.54) is 12.1 Å². The SMILES string of the molecule is Cl.NCCNS(=O)(=O)c1ccc(Oc2ccccc2Cl)cc1. The average molecular weight is 363 g/mol. The van der Waals surface area contributed by atoms with Crippen LogP contribution >= 0.6 is 24.0 Å². The molecule has 0 aliphatic carbocycles. The number of sulfonamides is 1. The maximum atomic E-state index is 11.9. The highest BCUT2D eigenvalue weighted by Gasteiger charge is 2.13. The van der Waals surface area contributed by atoms with E-state index in [9.17, 15) is 8.42 Å². The molecule has 0 heterocycles. The Bertz CT molecular complexity index is 706. The number of nitrogens with one attached hydrogen (secondary N) is 1. The van der Waals surface area contributed by atoms with Crippen molar-refractivity contribution in [2.75, 3.05) is 13.1 Å². The van der Waals surface area contributed by atoms with Crippen molar-refractivity contribution in [3.8, 4) is 11.5 Å². The summed E-state index contributed by atoms with van der Waals surface area (Å²) >= 11 is 5.99. The number of hydrogen-bond acceptors (Lipinski definition) is 4. The Balaban J connectivity index is 0.00000242. The zero-order valence-electron chi connectivity index (χ0n) is 11.5. The van der Waals surface area contributed by atoms with Crippen molar-refractivity contribution in [1.29, 1.82) is 0 Å². The molecule has 0 aromatic heterocycles. The summed E-state index contributed by atoms with van der Waals surface area (Å²) in [4.78, 5) is 0.155. The van der Waals surface area contributed by atoms with Crippen molar-refractivity contribution in [1.82, 2.24) is 4.72 Å². The van der Waals surface area contributed by atoms with Crippen molar-refractivity contribution in [2.24, 2.45) is 5.73 Å². The first kappa shape index (κ1) is 18.7. The van der Waals surface area contributed by atoms with Crippen molar-refractivity contribution >= 4 is 34.0 Å². The molecule has 0 spiro atoms. The van der Waals surface area contributed by atoms with E-state index in [-0.39, 0.29) is 30.4 Å². The Kier molecular flexibility index (Phi) is 7.12. The Morgan fingerprint density at radius 1 is 1.09 bits per heavy atom. The number of ether oxygens (including phenoxy) is 1. The minimum atomic E-state index is -3.53. The fraction of sp³-hybridized carbons (Fsp3) is 0.143. The maximum absolute atomic E-state index is 11.9. The van der Waals surface area contributed by atoms with E-state index < -0.39 is 10.0 Å². The van der Waals surface area contributed by atoms with Gasteiger partial charge < -0.3 is 10.5 Å². The highest BCUT2D eigenvalue weighted by Crippen LogP contribution is 2.29. The topological polar surface area (TPSA) is 81.4 Å². The van der Waals surface area contributed by atoms with Crippen LogP contribution in [-0.4, -0.2) is 21.5 Å². The van der Waals surface area contributed by atoms with Crippen LogP contribution in [0.2, 0.25) is 5.02 Å². The predicted octanol–water partition coefficient (Wildman–Crippen LogP) is 2.79. The smallest absolute Gasteiger partial charge is 0.240 e. The maximum Gasteiger partial charge on any atom is 0.240 e. The molecule has 3 N–H and O–H groups in total. The average Bonchev–Trinajstić information content (AvgIpc) is 2.48. The molecule has 0 fully saturated rings. The summed E-state index contributed by atoms with van der Waals surface area (Å²) in [7, 11) is -3.53. The summed E-state index contributed by atoms with van der Waals surface area (Å²) in [5.41, 5.74) is 5.28. The predicted molar refractivity (Wildman–Crippen MR) is 89.5 cm³/mol. The Labute approximate surface area is 140 Å². The number of para-hydroxylation sites is 1. The van der Waals surface area contributed by atoms with E-state index in [4.69, 9.17) is 22.1 Å². The molecule has 0 aliphatic rings. The second kappa shape index (κ2) is 8.36. The molecule has 0 saturated carbocycles. The molecule has 0 unspecified atom stereocenters. The van der Waals surface area contributed by atoms with Gasteiger partial charge >= 0.3 is 0 Å². The van der Waals surface area contributed by atoms with Gasteiger partial charge in [-0.25, -0.2) is 13.1 Å². The first-order chi connectivity index (χ1) is 10.0. The van der Waals surface area contributed by atoms with Crippen molar-refractivity contribution in [3.63, 3.8) is 0 Å². The van der Waals surface area contributed by atoms with Gasteiger partial charge in [0.1, 0.15) is 11.5 Å². The van der Waals surface area contributed by atoms with E-state index in [0.717, 1.165) is 0 Å². The molecular formula is C14H16Cl2N2O3S. The van der Waals surface area contributed by atoms with Crippen molar-refractivity contribution in [2.45, 2.75) is 4.90 Å². The van der Waals surface area contributed by atoms with Crippen LogP contribution in [0.25, 0.3) is 0 Å². The van der Waals surface area contributed by atoms with Gasteiger partial charge in [-0.15, -0.1) is 12.4 Å². The van der Waals surface area contributed by atoms with Gasteiger partial charge in [0.05, 0.1) is 9.92 Å². The van der Waals surface area contributed by atoms with E-state index in [2.05, 4.69) is 4.72 Å². The van der Waals surface area contributed by atoms with Gasteiger partial charge in [0.25, 0.3) is 0 Å². The third-order valence-electron chi connectivity index (χ3n) is 2.63. The standard InChI is InChI=1S/C14H15ClN2O3S.ClH/c15-13-3-1-2-4-14(13)20-11-5-7-12(8-6-11)21(18,19)17-10-9-16;/h1-8,17H,9-10,16H2;1H. The Morgan fingerprint density at radius 3 is 2.32 bits per heavy atom. The number of hydrogen-bond donors (Lipinski definition) is 2. The van der Waals surface area contributed by atoms with Gasteiger partial charge in [0, 0.05) is 13.1 Å². The summed E-state index contributed by atoms with van der Waals surface area (Å²) in [6, 6.07) is 13.1. The molecule has 0 bridgehead atoms. The Morgan fingerprint density at radius 2 is 1.73 bits per heavy atom. The highest BCUT2D eigenvalue weighted by atomic mass is 35.5. The zero-order valence-corrected chi connectivity index (χ0v) is 13.9. The molecule has 8 heteroatoms. The molecule has 2 aromatic rings. The first-order valence-corrected chi connectivity index (χ1v) is 8.11. The van der Waals surface area contributed by atoms with Crippen molar-refractivity contribution < 1.29 is 13.2 Å². The zero-order chi connectivity index (χ0) is 15.3. The minimum absolute atomic E-state index is 0. The summed E-state index contributed by atoms with van der Waals surface area (Å²) in [5, 5.41) is 0.485. The van der Waals surface area contributed by atoms with Crippen LogP contribution in [0, 0.1) is 0 Å². The lowest BCUT2D eigenvalue weighted by Crippen LogP contribution is -2.29. The van der Waals surface area contributed by atoms with Crippen LogP contribution in [0.1, 0.15) is 0 Å². The van der Waals surface area contributed by atoms with Crippen LogP contribution < -0.4 is 15.2 Å². The second-order valence-electron chi connectivity index (χ2n) is 4.19. The molecule has 2 aromatic carbocycles. The normalized spacial score (nSPS) is 10.8. The molecule has 5 nitrogen and oxygen atoms in total. The summed E-state index contributed by atoms with van der Waals surface area (Å²) < 4.78 is 31.8. The quantitative estimate of drug-likeness (QED) is 0.827. The monoisotopic (exact) mass is 362 g/mol. The number of halogens is 2. The van der Waals surface area contributed by atoms with Crippen molar-refractivity contribution in [3.05, 3.63) is 53.6 Å². The van der Waals surface area contributed by atoms with Gasteiger partial charge in [0.15, 0.2) is 0 Å². The fourth-order valence-electron chi connectivity index (χ4n) is 1.62. The molecule has 0 atom stereocenters. The lowest BCUT2D eigenvalue weighted by atomic mass is 10.3. The van der Waals surface area contributed by atoms with E-state index in [1.54, 1.807) is 36.4 Å². The van der Waals surface area contributed by atoms with Crippen LogP contribution in [0.3, 0.4) is 0 Å². The third kappa shape index (κ3) is 4.86. The fourth-order valence-corrected chi connectivity index (χ4v) is 2.84. The van der Waals surface area contributed by atoms with E-state index in [1.807, 2.05) is 0 Å². The summed E-state index contributed by atoms with van der Waals surface area (Å²) in [6.07, 6.45) is 0. The molecule has 0 aliphatic heterocycles. The van der Waals surface area contributed by atoms with E-state index >= 15 is 0 Å². The summed E-state index contributed by atoms with van der Waals surface area (Å²) in [6.45, 7) is 0.438. The third-order valence-corrected chi connectivity index (χ3v) is 4.42. The Hall–Kier alpha value is -1.31. The van der Waals surface area contributed by atoms with Crippen LogP contribution in [0.5, 0.6) is 11.5 Å². The lowest BCUT2D eigenvalue weighted by molar-refractivity contribution is 0.482. The highest BCUT2D eigenvalue weighted by molar-refractivity contribution is 7.89. The van der Waals surface area contributed by atoms with Gasteiger partial charge in [0.2, 0.25) is 10.0 Å². The van der Waals surface area contributed by atoms with Crippen LogP contribution in [0.15, 0.2) is 53.4 Å². The number of rotatable bonds is 6. The minimum Gasteiger partial charge on any atom is -0.456 e. The number of nitrogens with two attached hydrogens (primary N) is 1. The summed E-state index contributed by atoms with van der Waals surface area (Å²) in [5.74, 6) is 1.01. The molecule has 2 rings (SSSR count). The van der Waals surface area contributed by atoms with Gasteiger partial charge in [-0.1, -0.05) is 23.7 Å². The number of benzene rings is 2. The largest absolute Gasteiger partial charge is 0.456 e. The second-order valence-corrected chi connectivity index (χ2v) is 6.36. The lowest BCUT2D eigenvalue weighted by Gasteiger charge is -2.09. The van der Waals surface area contributed by atoms with Crippen LogP contribution in [0.4, 0.5) is 0 Å². The molecular weight excluding hydrogens is 347 g/mol. The molecule has 0 saturated heterocycles. The first-order valence-electron chi connectivity index (χ1n) is 6.25. The molecule has 0 radical (unpaired) electrons. The van der Waals surface area contributed by atoms with Gasteiger partial charge in [-0.3, -0.25) is 0 Å².